The van der Waals surface area contributed by atoms with Gasteiger partial charge in [0, 0.05) is 18.8 Å². The molecule has 0 saturated heterocycles. The molecule has 146 valence electrons. The Morgan fingerprint density at radius 2 is 1.89 bits per heavy atom. The van der Waals surface area contributed by atoms with Crippen molar-refractivity contribution in [2.45, 2.75) is 25.3 Å². The molecule has 1 aromatic heterocycles. The molecule has 0 bridgehead atoms. The molecule has 1 unspecified atom stereocenters. The van der Waals surface area contributed by atoms with Crippen molar-refractivity contribution >= 4 is 33.5 Å². The first-order chi connectivity index (χ1) is 13.5. The summed E-state index contributed by atoms with van der Waals surface area (Å²) in [5, 5.41) is 3.22. The monoisotopic (exact) mass is 398 g/mol. The summed E-state index contributed by atoms with van der Waals surface area (Å²) in [6, 6.07) is 13.9. The smallest absolute Gasteiger partial charge is 0.261 e. The molecule has 3 aromatic rings. The van der Waals surface area contributed by atoms with E-state index < -0.39 is 11.0 Å². The van der Waals surface area contributed by atoms with Gasteiger partial charge in [0.1, 0.15) is 17.5 Å². The molecule has 28 heavy (non-hydrogen) atoms. The topological polar surface area (TPSA) is 84.3 Å². The Hall–Kier alpha value is -2.84. The Balaban J connectivity index is 1.75. The molecule has 1 atom stereocenters. The number of fused-ring (bicyclic) bond motifs is 1. The number of hydrogen-bond donors (Lipinski definition) is 1. The van der Waals surface area contributed by atoms with E-state index in [4.69, 9.17) is 0 Å². The van der Waals surface area contributed by atoms with Crippen molar-refractivity contribution in [3.63, 3.8) is 0 Å². The number of carbonyl (C=O) groups is 1. The van der Waals surface area contributed by atoms with Crippen molar-refractivity contribution in [2.75, 3.05) is 18.4 Å². The Labute approximate surface area is 165 Å². The second-order valence-corrected chi connectivity index (χ2v) is 7.62. The Bertz CT molecular complexity index is 1080. The largest absolute Gasteiger partial charge is 0.324 e. The number of para-hydroxylation sites is 1. The number of benzene rings is 2. The normalized spacial score (nSPS) is 12.2. The van der Waals surface area contributed by atoms with E-state index in [-0.39, 0.29) is 18.0 Å². The van der Waals surface area contributed by atoms with Crippen LogP contribution in [0.5, 0.6) is 0 Å². The highest BCUT2D eigenvalue weighted by atomic mass is 32.2. The maximum Gasteiger partial charge on any atom is 0.261 e. The molecule has 0 fully saturated rings. The zero-order valence-electron chi connectivity index (χ0n) is 15.8. The maximum absolute atomic E-state index is 12.6. The maximum atomic E-state index is 12.6. The van der Waals surface area contributed by atoms with Crippen molar-refractivity contribution in [2.24, 2.45) is 0 Å². The zero-order chi connectivity index (χ0) is 20.1. The van der Waals surface area contributed by atoms with Crippen LogP contribution < -0.4 is 10.9 Å². The third kappa shape index (κ3) is 4.35. The van der Waals surface area contributed by atoms with Crippen LogP contribution >= 0.6 is 0 Å². The number of amides is 1. The van der Waals surface area contributed by atoms with Crippen LogP contribution in [-0.4, -0.2) is 37.1 Å². The molecule has 7 nitrogen and oxygen atoms in total. The molecule has 0 saturated carbocycles. The van der Waals surface area contributed by atoms with Gasteiger partial charge >= 0.3 is 0 Å². The van der Waals surface area contributed by atoms with Crippen LogP contribution in [0.1, 0.15) is 13.8 Å². The van der Waals surface area contributed by atoms with Crippen molar-refractivity contribution in [3.8, 4) is 0 Å². The molecule has 8 heteroatoms. The SMILES string of the molecule is CCN(CC)S(=O)c1cccc(NC(=O)Cn2cnc3ccccc3c2=O)c1. The summed E-state index contributed by atoms with van der Waals surface area (Å²) < 4.78 is 15.7. The molecule has 1 N–H and O–H groups in total. The van der Waals surface area contributed by atoms with Crippen LogP contribution in [0.2, 0.25) is 0 Å². The van der Waals surface area contributed by atoms with Gasteiger partial charge in [-0.05, 0) is 30.3 Å². The fraction of sp³-hybridized carbons (Fsp3) is 0.250. The van der Waals surface area contributed by atoms with Gasteiger partial charge in [-0.3, -0.25) is 14.2 Å². The van der Waals surface area contributed by atoms with Crippen molar-refractivity contribution in [3.05, 3.63) is 65.2 Å². The summed E-state index contributed by atoms with van der Waals surface area (Å²) in [6.07, 6.45) is 1.37. The van der Waals surface area contributed by atoms with Crippen molar-refractivity contribution in [1.29, 1.82) is 0 Å². The highest BCUT2D eigenvalue weighted by Gasteiger charge is 2.13. The summed E-state index contributed by atoms with van der Waals surface area (Å²) in [5.74, 6) is -0.357. The molecule has 2 aromatic carbocycles. The average molecular weight is 398 g/mol. The molecule has 0 aliphatic carbocycles. The molecular formula is C20H22N4O3S. The highest BCUT2D eigenvalue weighted by Crippen LogP contribution is 2.16. The van der Waals surface area contributed by atoms with E-state index in [0.717, 1.165) is 0 Å². The second kappa shape index (κ2) is 8.90. The van der Waals surface area contributed by atoms with E-state index in [0.29, 0.717) is 34.6 Å². The Morgan fingerprint density at radius 1 is 1.14 bits per heavy atom. The van der Waals surface area contributed by atoms with Crippen LogP contribution in [0.25, 0.3) is 10.9 Å². The lowest BCUT2D eigenvalue weighted by Gasteiger charge is -2.17. The molecular weight excluding hydrogens is 376 g/mol. The molecule has 0 radical (unpaired) electrons. The number of nitrogens with zero attached hydrogens (tertiary/aromatic N) is 3. The Kier molecular flexibility index (Phi) is 6.33. The van der Waals surface area contributed by atoms with Gasteiger partial charge in [-0.2, -0.15) is 0 Å². The number of carbonyl (C=O) groups excluding carboxylic acids is 1. The van der Waals surface area contributed by atoms with Gasteiger partial charge in [0.25, 0.3) is 5.56 Å². The van der Waals surface area contributed by atoms with Crippen LogP contribution in [0, 0.1) is 0 Å². The highest BCUT2D eigenvalue weighted by molar-refractivity contribution is 7.82. The summed E-state index contributed by atoms with van der Waals surface area (Å²) in [5.41, 5.74) is 0.859. The van der Waals surface area contributed by atoms with Gasteiger partial charge in [-0.25, -0.2) is 13.5 Å². The number of anilines is 1. The van der Waals surface area contributed by atoms with E-state index in [2.05, 4.69) is 10.3 Å². The predicted octanol–water partition coefficient (Wildman–Crippen LogP) is 2.40. The third-order valence-electron chi connectivity index (χ3n) is 4.30. The standard InChI is InChI=1S/C20H22N4O3S/c1-3-24(4-2)28(27)16-9-7-8-15(12-16)22-19(25)13-23-14-21-18-11-6-5-10-17(18)20(23)26/h5-12,14H,3-4,13H2,1-2H3,(H,22,25). The van der Waals surface area contributed by atoms with Crippen LogP contribution in [0.4, 0.5) is 5.69 Å². The van der Waals surface area contributed by atoms with Gasteiger partial charge in [0.2, 0.25) is 5.91 Å². The molecule has 0 spiro atoms. The van der Waals surface area contributed by atoms with Gasteiger partial charge in [-0.1, -0.05) is 32.0 Å². The molecule has 0 aliphatic rings. The number of aromatic nitrogens is 2. The van der Waals surface area contributed by atoms with E-state index in [9.17, 15) is 13.8 Å². The van der Waals surface area contributed by atoms with Crippen molar-refractivity contribution in [1.82, 2.24) is 13.9 Å². The van der Waals surface area contributed by atoms with E-state index >= 15 is 0 Å². The van der Waals surface area contributed by atoms with Gasteiger partial charge in [-0.15, -0.1) is 0 Å². The van der Waals surface area contributed by atoms with Crippen LogP contribution in [-0.2, 0) is 22.3 Å². The quantitative estimate of drug-likeness (QED) is 0.662. The molecule has 1 heterocycles. The van der Waals surface area contributed by atoms with E-state index in [1.54, 1.807) is 48.5 Å². The lowest BCUT2D eigenvalue weighted by Crippen LogP contribution is -2.28. The first-order valence-electron chi connectivity index (χ1n) is 9.04. The molecule has 0 aliphatic heterocycles. The van der Waals surface area contributed by atoms with Gasteiger partial charge < -0.3 is 5.32 Å². The lowest BCUT2D eigenvalue weighted by molar-refractivity contribution is -0.116. The second-order valence-electron chi connectivity index (χ2n) is 6.13. The van der Waals surface area contributed by atoms with Gasteiger partial charge in [0.05, 0.1) is 22.1 Å². The van der Waals surface area contributed by atoms with E-state index in [1.807, 2.05) is 18.2 Å². The van der Waals surface area contributed by atoms with Gasteiger partial charge in [0.15, 0.2) is 0 Å². The predicted molar refractivity (Wildman–Crippen MR) is 110 cm³/mol. The number of nitrogens with one attached hydrogen (secondary N) is 1. The minimum Gasteiger partial charge on any atom is -0.324 e. The summed E-state index contributed by atoms with van der Waals surface area (Å²) in [7, 11) is -1.29. The van der Waals surface area contributed by atoms with E-state index in [1.165, 1.54) is 10.9 Å². The fourth-order valence-corrected chi connectivity index (χ4v) is 4.05. The lowest BCUT2D eigenvalue weighted by atomic mass is 10.2. The number of rotatable bonds is 7. The fourth-order valence-electron chi connectivity index (χ4n) is 2.86. The summed E-state index contributed by atoms with van der Waals surface area (Å²) in [4.78, 5) is 29.7. The van der Waals surface area contributed by atoms with Crippen molar-refractivity contribution < 1.29 is 9.00 Å². The zero-order valence-corrected chi connectivity index (χ0v) is 16.6. The molecule has 1 amide bonds. The first-order valence-corrected chi connectivity index (χ1v) is 10.1. The van der Waals surface area contributed by atoms with Crippen LogP contribution in [0.15, 0.2) is 64.5 Å². The summed E-state index contributed by atoms with van der Waals surface area (Å²) >= 11 is 0. The van der Waals surface area contributed by atoms with Crippen LogP contribution in [0.3, 0.4) is 0 Å². The summed E-state index contributed by atoms with van der Waals surface area (Å²) in [6.45, 7) is 5.07. The first kappa shape index (κ1) is 19.9. The number of hydrogen-bond acceptors (Lipinski definition) is 4. The minimum absolute atomic E-state index is 0.153. The third-order valence-corrected chi connectivity index (χ3v) is 5.95. The Morgan fingerprint density at radius 3 is 2.64 bits per heavy atom. The minimum atomic E-state index is -1.29. The average Bonchev–Trinajstić information content (AvgIpc) is 2.71. The molecule has 3 rings (SSSR count).